The van der Waals surface area contributed by atoms with Crippen LogP contribution in [0.1, 0.15) is 59.3 Å². The van der Waals surface area contributed by atoms with Crippen molar-refractivity contribution < 1.29 is 18.0 Å². The SMILES string of the molecule is CC(C)CCNC(=O)C1(C)CN(S(=O)(=O)c2ccccc2)CC(=O)N1C1CCCCC1. The second-order valence-electron chi connectivity index (χ2n) is 9.35. The van der Waals surface area contributed by atoms with E-state index in [0.29, 0.717) is 12.5 Å². The average molecular weight is 450 g/mol. The van der Waals surface area contributed by atoms with Gasteiger partial charge in [0.25, 0.3) is 0 Å². The molecule has 1 atom stereocenters. The molecule has 8 heteroatoms. The molecule has 172 valence electrons. The Bertz CT molecular complexity index is 881. The van der Waals surface area contributed by atoms with E-state index in [2.05, 4.69) is 19.2 Å². The van der Waals surface area contributed by atoms with Gasteiger partial charge in [-0.3, -0.25) is 9.59 Å². The summed E-state index contributed by atoms with van der Waals surface area (Å²) in [5, 5.41) is 2.97. The molecule has 1 unspecified atom stereocenters. The second kappa shape index (κ2) is 9.69. The molecule has 1 aliphatic carbocycles. The highest BCUT2D eigenvalue weighted by molar-refractivity contribution is 7.89. The molecule has 0 spiro atoms. The Hall–Kier alpha value is -1.93. The summed E-state index contributed by atoms with van der Waals surface area (Å²) in [6.07, 6.45) is 5.70. The maximum Gasteiger partial charge on any atom is 0.247 e. The van der Waals surface area contributed by atoms with Crippen molar-refractivity contribution in [1.82, 2.24) is 14.5 Å². The summed E-state index contributed by atoms with van der Waals surface area (Å²) < 4.78 is 27.7. The van der Waals surface area contributed by atoms with Gasteiger partial charge >= 0.3 is 0 Å². The molecule has 1 heterocycles. The number of benzene rings is 1. The minimum Gasteiger partial charge on any atom is -0.354 e. The third-order valence-electron chi connectivity index (χ3n) is 6.41. The van der Waals surface area contributed by atoms with Gasteiger partial charge in [0.2, 0.25) is 21.8 Å². The van der Waals surface area contributed by atoms with Gasteiger partial charge in [-0.1, -0.05) is 51.3 Å². The third-order valence-corrected chi connectivity index (χ3v) is 8.22. The van der Waals surface area contributed by atoms with Crippen LogP contribution in [0.4, 0.5) is 0 Å². The molecule has 0 bridgehead atoms. The topological polar surface area (TPSA) is 86.8 Å². The number of piperazine rings is 1. The third kappa shape index (κ3) is 5.12. The molecular weight excluding hydrogens is 414 g/mol. The van der Waals surface area contributed by atoms with Crippen LogP contribution >= 0.6 is 0 Å². The van der Waals surface area contributed by atoms with Crippen molar-refractivity contribution >= 4 is 21.8 Å². The zero-order chi connectivity index (χ0) is 22.6. The largest absolute Gasteiger partial charge is 0.354 e. The minimum absolute atomic E-state index is 0.0244. The smallest absolute Gasteiger partial charge is 0.247 e. The molecule has 1 aromatic carbocycles. The molecule has 1 N–H and O–H groups in total. The van der Waals surface area contributed by atoms with E-state index in [1.807, 2.05) is 0 Å². The van der Waals surface area contributed by atoms with E-state index in [4.69, 9.17) is 0 Å². The molecule has 2 fully saturated rings. The number of nitrogens with zero attached hydrogens (tertiary/aromatic N) is 2. The van der Waals surface area contributed by atoms with Crippen molar-refractivity contribution in [3.63, 3.8) is 0 Å². The van der Waals surface area contributed by atoms with Gasteiger partial charge in [-0.25, -0.2) is 8.42 Å². The standard InChI is InChI=1S/C23H35N3O4S/c1-18(2)14-15-24-22(28)23(3)17-25(31(29,30)20-12-8-5-9-13-20)16-21(27)26(23)19-10-6-4-7-11-19/h5,8-9,12-13,18-19H,4,6-7,10-11,14-17H2,1-3H3,(H,24,28). The van der Waals surface area contributed by atoms with Gasteiger partial charge in [-0.05, 0) is 44.2 Å². The first-order valence-corrected chi connectivity index (χ1v) is 12.8. The number of hydrogen-bond acceptors (Lipinski definition) is 4. The number of rotatable bonds is 7. The van der Waals surface area contributed by atoms with E-state index in [1.165, 1.54) is 16.4 Å². The summed E-state index contributed by atoms with van der Waals surface area (Å²) in [5.74, 6) is -0.135. The lowest BCUT2D eigenvalue weighted by molar-refractivity contribution is -0.157. The van der Waals surface area contributed by atoms with Crippen LogP contribution in [0.3, 0.4) is 0 Å². The fourth-order valence-corrected chi connectivity index (χ4v) is 6.18. The fourth-order valence-electron chi connectivity index (χ4n) is 4.68. The van der Waals surface area contributed by atoms with Crippen molar-refractivity contribution in [1.29, 1.82) is 0 Å². The van der Waals surface area contributed by atoms with Crippen LogP contribution in [0.2, 0.25) is 0 Å². The minimum atomic E-state index is -3.88. The van der Waals surface area contributed by atoms with E-state index < -0.39 is 15.6 Å². The molecule has 7 nitrogen and oxygen atoms in total. The molecule has 1 saturated heterocycles. The van der Waals surface area contributed by atoms with E-state index >= 15 is 0 Å². The molecule has 0 aromatic heterocycles. The average Bonchev–Trinajstić information content (AvgIpc) is 2.74. The first-order chi connectivity index (χ1) is 14.7. The Balaban J connectivity index is 1.91. The number of sulfonamides is 1. The number of amides is 2. The quantitative estimate of drug-likeness (QED) is 0.693. The lowest BCUT2D eigenvalue weighted by atomic mass is 9.87. The van der Waals surface area contributed by atoms with Gasteiger partial charge in [-0.2, -0.15) is 4.31 Å². The molecule has 2 amide bonds. The molecule has 1 aliphatic heterocycles. The highest BCUT2D eigenvalue weighted by Gasteiger charge is 2.52. The van der Waals surface area contributed by atoms with Crippen molar-refractivity contribution in [3.05, 3.63) is 30.3 Å². The Morgan fingerprint density at radius 2 is 1.81 bits per heavy atom. The lowest BCUT2D eigenvalue weighted by Gasteiger charge is -2.51. The van der Waals surface area contributed by atoms with Gasteiger partial charge in [0.15, 0.2) is 0 Å². The summed E-state index contributed by atoms with van der Waals surface area (Å²) >= 11 is 0. The van der Waals surface area contributed by atoms with Crippen LogP contribution in [0.25, 0.3) is 0 Å². The van der Waals surface area contributed by atoms with Crippen LogP contribution < -0.4 is 5.32 Å². The normalized spacial score (nSPS) is 23.9. The number of hydrogen-bond donors (Lipinski definition) is 1. The summed E-state index contributed by atoms with van der Waals surface area (Å²) in [5.41, 5.74) is -1.24. The monoisotopic (exact) mass is 449 g/mol. The summed E-state index contributed by atoms with van der Waals surface area (Å²) in [7, 11) is -3.88. The molecule has 0 radical (unpaired) electrons. The Morgan fingerprint density at radius 1 is 1.16 bits per heavy atom. The second-order valence-corrected chi connectivity index (χ2v) is 11.3. The van der Waals surface area contributed by atoms with Crippen LogP contribution in [0.15, 0.2) is 35.2 Å². The van der Waals surface area contributed by atoms with Crippen molar-refractivity contribution in [2.24, 2.45) is 5.92 Å². The first kappa shape index (κ1) is 23.7. The maximum atomic E-state index is 13.4. The zero-order valence-corrected chi connectivity index (χ0v) is 19.7. The number of carbonyl (C=O) groups is 2. The van der Waals surface area contributed by atoms with Gasteiger partial charge in [0.05, 0.1) is 11.4 Å². The molecule has 1 aromatic rings. The van der Waals surface area contributed by atoms with Gasteiger partial charge < -0.3 is 10.2 Å². The van der Waals surface area contributed by atoms with Crippen LogP contribution in [-0.4, -0.2) is 60.7 Å². The van der Waals surface area contributed by atoms with Gasteiger partial charge in [0, 0.05) is 19.1 Å². The molecule has 31 heavy (non-hydrogen) atoms. The summed E-state index contributed by atoms with van der Waals surface area (Å²) in [6, 6.07) is 8.08. The van der Waals surface area contributed by atoms with E-state index in [1.54, 1.807) is 30.0 Å². The summed E-state index contributed by atoms with van der Waals surface area (Å²) in [6.45, 7) is 6.12. The number of carbonyl (C=O) groups excluding carboxylic acids is 2. The van der Waals surface area contributed by atoms with Crippen molar-refractivity contribution in [3.8, 4) is 0 Å². The predicted molar refractivity (Wildman–Crippen MR) is 120 cm³/mol. The Kier molecular flexibility index (Phi) is 7.42. The molecule has 3 rings (SSSR count). The summed E-state index contributed by atoms with van der Waals surface area (Å²) in [4.78, 5) is 28.5. The Labute approximate surface area is 186 Å². The zero-order valence-electron chi connectivity index (χ0n) is 18.8. The van der Waals surface area contributed by atoms with Crippen LogP contribution in [0.5, 0.6) is 0 Å². The maximum absolute atomic E-state index is 13.4. The number of nitrogens with one attached hydrogen (secondary N) is 1. The van der Waals surface area contributed by atoms with Gasteiger partial charge in [-0.15, -0.1) is 0 Å². The van der Waals surface area contributed by atoms with Gasteiger partial charge in [0.1, 0.15) is 5.54 Å². The first-order valence-electron chi connectivity index (χ1n) is 11.3. The van der Waals surface area contributed by atoms with Crippen LogP contribution in [-0.2, 0) is 19.6 Å². The van der Waals surface area contributed by atoms with Crippen molar-refractivity contribution in [2.45, 2.75) is 75.8 Å². The molecular formula is C23H35N3O4S. The highest BCUT2D eigenvalue weighted by atomic mass is 32.2. The predicted octanol–water partition coefficient (Wildman–Crippen LogP) is 2.77. The highest BCUT2D eigenvalue weighted by Crippen LogP contribution is 2.34. The van der Waals surface area contributed by atoms with Crippen molar-refractivity contribution in [2.75, 3.05) is 19.6 Å². The van der Waals surface area contributed by atoms with E-state index in [0.717, 1.165) is 38.5 Å². The van der Waals surface area contributed by atoms with E-state index in [-0.39, 0.29) is 35.8 Å². The molecule has 1 saturated carbocycles. The Morgan fingerprint density at radius 3 is 2.42 bits per heavy atom. The fraction of sp³-hybridized carbons (Fsp3) is 0.652. The molecule has 2 aliphatic rings. The van der Waals surface area contributed by atoms with E-state index in [9.17, 15) is 18.0 Å². The van der Waals surface area contributed by atoms with Crippen LogP contribution in [0, 0.1) is 5.92 Å². The lowest BCUT2D eigenvalue weighted by Crippen LogP contribution is -2.72.